The van der Waals surface area contributed by atoms with Gasteiger partial charge in [-0.1, -0.05) is 11.6 Å². The Labute approximate surface area is 96.5 Å². The summed E-state index contributed by atoms with van der Waals surface area (Å²) < 4.78 is 1.75. The molecule has 6 heteroatoms. The van der Waals surface area contributed by atoms with Crippen LogP contribution >= 0.6 is 11.6 Å². The summed E-state index contributed by atoms with van der Waals surface area (Å²) in [6.07, 6.45) is 2.24. The van der Waals surface area contributed by atoms with Gasteiger partial charge >= 0.3 is 5.97 Å². The Morgan fingerprint density at radius 3 is 3.00 bits per heavy atom. The van der Waals surface area contributed by atoms with Crippen LogP contribution in [-0.4, -0.2) is 27.0 Å². The minimum absolute atomic E-state index is 0.189. The molecule has 2 aromatic rings. The van der Waals surface area contributed by atoms with Gasteiger partial charge in [-0.05, 0) is 18.7 Å². The van der Waals surface area contributed by atoms with Gasteiger partial charge in [0.25, 0.3) is 0 Å². The molecule has 0 unspecified atom stereocenters. The van der Waals surface area contributed by atoms with Crippen molar-refractivity contribution in [3.63, 3.8) is 0 Å². The number of halogens is 1. The number of imidazole rings is 1. The minimum Gasteiger partial charge on any atom is -0.478 e. The summed E-state index contributed by atoms with van der Waals surface area (Å²) in [4.78, 5) is 14.9. The quantitative estimate of drug-likeness (QED) is 0.843. The monoisotopic (exact) mass is 239 g/mol. The van der Waals surface area contributed by atoms with Crippen LogP contribution in [0.4, 0.5) is 0 Å². The maximum absolute atomic E-state index is 10.8. The van der Waals surface area contributed by atoms with Crippen molar-refractivity contribution in [1.29, 1.82) is 0 Å². The number of aromatic nitrogens is 2. The van der Waals surface area contributed by atoms with Crippen LogP contribution in [0.1, 0.15) is 16.2 Å². The summed E-state index contributed by atoms with van der Waals surface area (Å²) >= 11 is 5.92. The SMILES string of the molecule is NCCc1nc(Cl)c2cc(C(=O)O)ccn12. The van der Waals surface area contributed by atoms with E-state index in [-0.39, 0.29) is 5.56 Å². The number of carboxylic acid groups (broad SMARTS) is 1. The third-order valence-electron chi connectivity index (χ3n) is 2.29. The van der Waals surface area contributed by atoms with Crippen LogP contribution in [0.5, 0.6) is 0 Å². The molecule has 2 aromatic heterocycles. The van der Waals surface area contributed by atoms with Crippen LogP contribution in [0.15, 0.2) is 18.3 Å². The maximum atomic E-state index is 10.8. The first kappa shape index (κ1) is 10.9. The van der Waals surface area contributed by atoms with Gasteiger partial charge in [-0.3, -0.25) is 0 Å². The number of hydrogen-bond acceptors (Lipinski definition) is 3. The zero-order valence-corrected chi connectivity index (χ0v) is 9.11. The molecule has 0 aliphatic rings. The van der Waals surface area contributed by atoms with Crippen molar-refractivity contribution in [3.8, 4) is 0 Å². The lowest BCUT2D eigenvalue weighted by Crippen LogP contribution is -2.06. The van der Waals surface area contributed by atoms with E-state index in [1.807, 2.05) is 0 Å². The maximum Gasteiger partial charge on any atom is 0.335 e. The second-order valence-corrected chi connectivity index (χ2v) is 3.69. The standard InChI is InChI=1S/C10H10ClN3O2/c11-9-7-5-6(10(15)16)2-4-14(7)8(13-9)1-3-12/h2,4-5H,1,3,12H2,(H,15,16). The highest BCUT2D eigenvalue weighted by Crippen LogP contribution is 2.19. The van der Waals surface area contributed by atoms with Crippen LogP contribution in [0.25, 0.3) is 5.52 Å². The summed E-state index contributed by atoms with van der Waals surface area (Å²) in [5.41, 5.74) is 6.22. The number of pyridine rings is 1. The molecule has 0 aliphatic carbocycles. The number of nitrogens with two attached hydrogens (primary N) is 1. The highest BCUT2D eigenvalue weighted by atomic mass is 35.5. The van der Waals surface area contributed by atoms with E-state index in [1.165, 1.54) is 12.1 Å². The number of nitrogens with zero attached hydrogens (tertiary/aromatic N) is 2. The number of aromatic carboxylic acids is 1. The Morgan fingerprint density at radius 2 is 2.38 bits per heavy atom. The first-order valence-electron chi connectivity index (χ1n) is 4.73. The van der Waals surface area contributed by atoms with Crippen LogP contribution < -0.4 is 5.73 Å². The molecule has 16 heavy (non-hydrogen) atoms. The fraction of sp³-hybridized carbons (Fsp3) is 0.200. The summed E-state index contributed by atoms with van der Waals surface area (Å²) in [5, 5.41) is 9.15. The molecule has 0 bridgehead atoms. The smallest absolute Gasteiger partial charge is 0.335 e. The van der Waals surface area contributed by atoms with E-state index in [2.05, 4.69) is 4.98 Å². The van der Waals surface area contributed by atoms with Crippen molar-refractivity contribution in [2.45, 2.75) is 6.42 Å². The van der Waals surface area contributed by atoms with Gasteiger partial charge < -0.3 is 15.2 Å². The number of fused-ring (bicyclic) bond motifs is 1. The normalized spacial score (nSPS) is 10.9. The largest absolute Gasteiger partial charge is 0.478 e. The molecule has 3 N–H and O–H groups in total. The molecule has 0 amide bonds. The second kappa shape index (κ2) is 4.11. The zero-order valence-electron chi connectivity index (χ0n) is 8.35. The van der Waals surface area contributed by atoms with E-state index in [0.717, 1.165) is 5.82 Å². The van der Waals surface area contributed by atoms with E-state index < -0.39 is 5.97 Å². The van der Waals surface area contributed by atoms with E-state index in [9.17, 15) is 4.79 Å². The fourth-order valence-electron chi connectivity index (χ4n) is 1.55. The van der Waals surface area contributed by atoms with Gasteiger partial charge in [-0.2, -0.15) is 0 Å². The summed E-state index contributed by atoms with van der Waals surface area (Å²) in [6.45, 7) is 0.468. The molecule has 2 rings (SSSR count). The molecule has 2 heterocycles. The lowest BCUT2D eigenvalue weighted by molar-refractivity contribution is 0.0697. The first-order valence-corrected chi connectivity index (χ1v) is 5.11. The van der Waals surface area contributed by atoms with Gasteiger partial charge in [-0.25, -0.2) is 9.78 Å². The van der Waals surface area contributed by atoms with Crippen LogP contribution in [0.3, 0.4) is 0 Å². The molecule has 84 valence electrons. The molecular formula is C10H10ClN3O2. The molecule has 0 aliphatic heterocycles. The second-order valence-electron chi connectivity index (χ2n) is 3.33. The molecule has 5 nitrogen and oxygen atoms in total. The lowest BCUT2D eigenvalue weighted by Gasteiger charge is -2.00. The van der Waals surface area contributed by atoms with Gasteiger partial charge in [0, 0.05) is 12.6 Å². The highest BCUT2D eigenvalue weighted by molar-refractivity contribution is 6.32. The summed E-state index contributed by atoms with van der Waals surface area (Å²) in [7, 11) is 0. The Bertz CT molecular complexity index is 550. The number of rotatable bonds is 3. The molecule has 0 fully saturated rings. The van der Waals surface area contributed by atoms with Crippen molar-refractivity contribution in [2.24, 2.45) is 5.73 Å². The molecular weight excluding hydrogens is 230 g/mol. The molecule has 0 saturated carbocycles. The third-order valence-corrected chi connectivity index (χ3v) is 2.56. The molecule has 0 spiro atoms. The molecule has 0 radical (unpaired) electrons. The lowest BCUT2D eigenvalue weighted by atomic mass is 10.2. The molecule has 0 atom stereocenters. The third kappa shape index (κ3) is 1.75. The number of hydrogen-bond donors (Lipinski definition) is 2. The van der Waals surface area contributed by atoms with E-state index in [4.69, 9.17) is 22.4 Å². The van der Waals surface area contributed by atoms with Crippen molar-refractivity contribution >= 4 is 23.1 Å². The Kier molecular flexibility index (Phi) is 2.80. The van der Waals surface area contributed by atoms with Crippen LogP contribution in [-0.2, 0) is 6.42 Å². The zero-order chi connectivity index (χ0) is 11.7. The molecule has 0 aromatic carbocycles. The predicted molar refractivity (Wildman–Crippen MR) is 59.9 cm³/mol. The van der Waals surface area contributed by atoms with Crippen LogP contribution in [0, 0.1) is 0 Å². The van der Waals surface area contributed by atoms with Gasteiger partial charge in [0.15, 0.2) is 5.15 Å². The van der Waals surface area contributed by atoms with Gasteiger partial charge in [0.1, 0.15) is 5.82 Å². The first-order chi connectivity index (χ1) is 7.63. The minimum atomic E-state index is -0.986. The summed E-state index contributed by atoms with van der Waals surface area (Å²) in [5.74, 6) is -0.250. The molecule has 0 saturated heterocycles. The van der Waals surface area contributed by atoms with Crippen molar-refractivity contribution in [1.82, 2.24) is 9.38 Å². The predicted octanol–water partition coefficient (Wildman–Crippen LogP) is 1.19. The van der Waals surface area contributed by atoms with E-state index >= 15 is 0 Å². The summed E-state index contributed by atoms with van der Waals surface area (Å²) in [6, 6.07) is 3.01. The number of carbonyl (C=O) groups is 1. The van der Waals surface area contributed by atoms with Crippen molar-refractivity contribution in [3.05, 3.63) is 34.9 Å². The highest BCUT2D eigenvalue weighted by Gasteiger charge is 2.11. The Hall–Kier alpha value is -1.59. The average molecular weight is 240 g/mol. The topological polar surface area (TPSA) is 80.6 Å². The number of carboxylic acids is 1. The van der Waals surface area contributed by atoms with E-state index in [0.29, 0.717) is 23.6 Å². The average Bonchev–Trinajstić information content (AvgIpc) is 2.56. The Balaban J connectivity index is 2.61. The Morgan fingerprint density at radius 1 is 1.62 bits per heavy atom. The fourth-order valence-corrected chi connectivity index (χ4v) is 1.79. The van der Waals surface area contributed by atoms with Crippen molar-refractivity contribution in [2.75, 3.05) is 6.54 Å². The van der Waals surface area contributed by atoms with E-state index in [1.54, 1.807) is 10.6 Å². The van der Waals surface area contributed by atoms with Crippen LogP contribution in [0.2, 0.25) is 5.15 Å². The van der Waals surface area contributed by atoms with Crippen molar-refractivity contribution < 1.29 is 9.90 Å². The van der Waals surface area contributed by atoms with Gasteiger partial charge in [0.05, 0.1) is 11.1 Å². The van der Waals surface area contributed by atoms with Gasteiger partial charge in [-0.15, -0.1) is 0 Å². The van der Waals surface area contributed by atoms with Gasteiger partial charge in [0.2, 0.25) is 0 Å².